The van der Waals surface area contributed by atoms with E-state index in [0.29, 0.717) is 11.4 Å². The summed E-state index contributed by atoms with van der Waals surface area (Å²) in [4.78, 5) is 0.152. The zero-order valence-electron chi connectivity index (χ0n) is 11.4. The van der Waals surface area contributed by atoms with Crippen LogP contribution in [-0.4, -0.2) is 7.05 Å². The average molecular weight is 312 g/mol. The molecule has 0 spiro atoms. The molecular formula is C15H15F3N2S. The number of halogens is 3. The van der Waals surface area contributed by atoms with E-state index < -0.39 is 11.7 Å². The molecule has 0 aliphatic heterocycles. The summed E-state index contributed by atoms with van der Waals surface area (Å²) in [6, 6.07) is 13.4. The first kappa shape index (κ1) is 15.7. The number of rotatable bonds is 4. The monoisotopic (exact) mass is 312 g/mol. The van der Waals surface area contributed by atoms with Crippen LogP contribution in [0.1, 0.15) is 11.1 Å². The molecule has 21 heavy (non-hydrogen) atoms. The molecule has 2 nitrogen and oxygen atoms in total. The molecule has 2 rings (SSSR count). The van der Waals surface area contributed by atoms with Crippen molar-refractivity contribution >= 4 is 17.4 Å². The lowest BCUT2D eigenvalue weighted by Crippen LogP contribution is -2.26. The molecule has 2 N–H and O–H groups in total. The highest BCUT2D eigenvalue weighted by Crippen LogP contribution is 2.42. The Morgan fingerprint density at radius 3 is 2.29 bits per heavy atom. The second-order valence-corrected chi connectivity index (χ2v) is 5.52. The van der Waals surface area contributed by atoms with E-state index in [4.69, 9.17) is 5.84 Å². The third-order valence-corrected chi connectivity index (χ3v) is 4.10. The topological polar surface area (TPSA) is 29.3 Å². The van der Waals surface area contributed by atoms with Gasteiger partial charge < -0.3 is 5.01 Å². The zero-order chi connectivity index (χ0) is 15.5. The molecule has 0 amide bonds. The molecule has 0 atom stereocenters. The van der Waals surface area contributed by atoms with Crippen LogP contribution in [0.15, 0.2) is 53.4 Å². The molecule has 0 aliphatic rings. The van der Waals surface area contributed by atoms with E-state index in [9.17, 15) is 13.2 Å². The number of thioether (sulfide) groups is 1. The molecule has 2 aromatic rings. The number of anilines is 1. The zero-order valence-corrected chi connectivity index (χ0v) is 12.2. The fraction of sp³-hybridized carbons (Fsp3) is 0.200. The summed E-state index contributed by atoms with van der Waals surface area (Å²) < 4.78 is 39.4. The van der Waals surface area contributed by atoms with E-state index in [-0.39, 0.29) is 4.90 Å². The van der Waals surface area contributed by atoms with E-state index in [1.54, 1.807) is 6.07 Å². The van der Waals surface area contributed by atoms with Crippen molar-refractivity contribution < 1.29 is 13.2 Å². The van der Waals surface area contributed by atoms with Crippen LogP contribution in [0, 0.1) is 0 Å². The van der Waals surface area contributed by atoms with Crippen molar-refractivity contribution in [1.82, 2.24) is 0 Å². The predicted molar refractivity (Wildman–Crippen MR) is 80.0 cm³/mol. The van der Waals surface area contributed by atoms with Crippen LogP contribution in [0.4, 0.5) is 18.9 Å². The van der Waals surface area contributed by atoms with E-state index >= 15 is 0 Å². The first-order valence-electron chi connectivity index (χ1n) is 6.25. The Hall–Kier alpha value is -1.66. The van der Waals surface area contributed by atoms with E-state index in [1.807, 2.05) is 30.3 Å². The van der Waals surface area contributed by atoms with Crippen LogP contribution in [0.2, 0.25) is 0 Å². The molecule has 112 valence electrons. The second kappa shape index (κ2) is 6.41. The average Bonchev–Trinajstić information content (AvgIpc) is 2.44. The van der Waals surface area contributed by atoms with Gasteiger partial charge in [-0.3, -0.25) is 0 Å². The van der Waals surface area contributed by atoms with Gasteiger partial charge in [-0.25, -0.2) is 5.84 Å². The predicted octanol–water partition coefficient (Wildman–Crippen LogP) is 4.31. The van der Waals surface area contributed by atoms with E-state index in [2.05, 4.69) is 0 Å². The lowest BCUT2D eigenvalue weighted by Gasteiger charge is -2.20. The molecule has 0 saturated carbocycles. The van der Waals surface area contributed by atoms with Gasteiger partial charge in [-0.15, -0.1) is 11.8 Å². The first-order valence-corrected chi connectivity index (χ1v) is 7.23. The standard InChI is InChI=1S/C15H15F3N2S/c1-20(19)13-9-5-8-12(15(16,17)18)14(13)21-10-11-6-3-2-4-7-11/h2-9H,10,19H2,1H3. The maximum absolute atomic E-state index is 13.1. The number of hydrogen-bond acceptors (Lipinski definition) is 3. The van der Waals surface area contributed by atoms with Gasteiger partial charge in [0.15, 0.2) is 0 Å². The number of alkyl halides is 3. The largest absolute Gasteiger partial charge is 0.417 e. The van der Waals surface area contributed by atoms with Gasteiger partial charge in [0.1, 0.15) is 0 Å². The molecule has 0 saturated heterocycles. The van der Waals surface area contributed by atoms with Crippen molar-refractivity contribution in [1.29, 1.82) is 0 Å². The van der Waals surface area contributed by atoms with Gasteiger partial charge in [0.2, 0.25) is 0 Å². The summed E-state index contributed by atoms with van der Waals surface area (Å²) in [7, 11) is 1.53. The minimum absolute atomic E-state index is 0.152. The van der Waals surface area contributed by atoms with Crippen molar-refractivity contribution in [2.75, 3.05) is 12.1 Å². The van der Waals surface area contributed by atoms with E-state index in [0.717, 1.165) is 23.4 Å². The van der Waals surface area contributed by atoms with Gasteiger partial charge in [-0.2, -0.15) is 13.2 Å². The van der Waals surface area contributed by atoms with E-state index in [1.165, 1.54) is 18.1 Å². The van der Waals surface area contributed by atoms with Crippen LogP contribution in [0.3, 0.4) is 0 Å². The maximum Gasteiger partial charge on any atom is 0.417 e. The Morgan fingerprint density at radius 2 is 1.71 bits per heavy atom. The Labute approximate surface area is 125 Å². The van der Waals surface area contributed by atoms with Gasteiger partial charge in [0, 0.05) is 17.7 Å². The second-order valence-electron chi connectivity index (χ2n) is 4.54. The number of nitrogens with zero attached hydrogens (tertiary/aromatic N) is 1. The van der Waals surface area contributed by atoms with Gasteiger partial charge in [0.05, 0.1) is 11.3 Å². The van der Waals surface area contributed by atoms with Crippen LogP contribution in [-0.2, 0) is 11.9 Å². The quantitative estimate of drug-likeness (QED) is 0.518. The van der Waals surface area contributed by atoms with Gasteiger partial charge in [-0.05, 0) is 17.7 Å². The highest BCUT2D eigenvalue weighted by atomic mass is 32.2. The highest BCUT2D eigenvalue weighted by molar-refractivity contribution is 7.98. The summed E-state index contributed by atoms with van der Waals surface area (Å²) in [5.41, 5.74) is 0.675. The van der Waals surface area contributed by atoms with Crippen molar-refractivity contribution in [3.05, 3.63) is 59.7 Å². The van der Waals surface area contributed by atoms with Gasteiger partial charge >= 0.3 is 6.18 Å². The SMILES string of the molecule is CN(N)c1cccc(C(F)(F)F)c1SCc1ccccc1. The maximum atomic E-state index is 13.1. The highest BCUT2D eigenvalue weighted by Gasteiger charge is 2.34. The van der Waals surface area contributed by atoms with Crippen molar-refractivity contribution in [3.63, 3.8) is 0 Å². The van der Waals surface area contributed by atoms with Gasteiger partial charge in [0.25, 0.3) is 0 Å². The first-order chi connectivity index (χ1) is 9.89. The molecule has 6 heteroatoms. The van der Waals surface area contributed by atoms with Crippen molar-refractivity contribution in [2.45, 2.75) is 16.8 Å². The molecule has 0 fully saturated rings. The van der Waals surface area contributed by atoms with Gasteiger partial charge in [-0.1, -0.05) is 36.4 Å². The lowest BCUT2D eigenvalue weighted by atomic mass is 10.2. The molecule has 2 aromatic carbocycles. The number of nitrogens with two attached hydrogens (primary N) is 1. The number of hydrogen-bond donors (Lipinski definition) is 1. The summed E-state index contributed by atoms with van der Waals surface area (Å²) in [6.45, 7) is 0. The van der Waals surface area contributed by atoms with Crippen LogP contribution >= 0.6 is 11.8 Å². The molecular weight excluding hydrogens is 297 g/mol. The molecule has 0 bridgehead atoms. The summed E-state index contributed by atoms with van der Waals surface area (Å²) in [5.74, 6) is 6.10. The number of benzene rings is 2. The van der Waals surface area contributed by atoms with Crippen molar-refractivity contribution in [3.8, 4) is 0 Å². The van der Waals surface area contributed by atoms with Crippen LogP contribution in [0.5, 0.6) is 0 Å². The molecule has 0 radical (unpaired) electrons. The molecule has 0 unspecified atom stereocenters. The van der Waals surface area contributed by atoms with Crippen molar-refractivity contribution in [2.24, 2.45) is 5.84 Å². The smallest absolute Gasteiger partial charge is 0.313 e. The van der Waals surface area contributed by atoms with Crippen LogP contribution in [0.25, 0.3) is 0 Å². The molecule has 0 heterocycles. The summed E-state index contributed by atoms with van der Waals surface area (Å²) in [5, 5.41) is 1.21. The fourth-order valence-electron chi connectivity index (χ4n) is 1.91. The fourth-order valence-corrected chi connectivity index (χ4v) is 3.11. The normalized spacial score (nSPS) is 11.5. The summed E-state index contributed by atoms with van der Waals surface area (Å²) in [6.07, 6.45) is -4.40. The molecule has 0 aromatic heterocycles. The summed E-state index contributed by atoms with van der Waals surface area (Å²) >= 11 is 1.14. The Bertz CT molecular complexity index is 598. The lowest BCUT2D eigenvalue weighted by molar-refractivity contribution is -0.139. The third kappa shape index (κ3) is 3.92. The number of hydrazine groups is 1. The van der Waals surface area contributed by atoms with Crippen LogP contribution < -0.4 is 10.9 Å². The third-order valence-electron chi connectivity index (χ3n) is 2.91. The Balaban J connectivity index is 2.35. The minimum Gasteiger partial charge on any atom is -0.313 e. The Morgan fingerprint density at radius 1 is 1.05 bits per heavy atom. The molecule has 0 aliphatic carbocycles. The Kier molecular flexibility index (Phi) is 4.80. The minimum atomic E-state index is -4.40.